The molecule has 0 spiro atoms. The van der Waals surface area contributed by atoms with Crippen LogP contribution >= 0.6 is 0 Å². The summed E-state index contributed by atoms with van der Waals surface area (Å²) in [5.74, 6) is -0.0645. The third kappa shape index (κ3) is 3.72. The summed E-state index contributed by atoms with van der Waals surface area (Å²) in [5, 5.41) is 0. The molecule has 23 heavy (non-hydrogen) atoms. The van der Waals surface area contributed by atoms with E-state index in [1.165, 1.54) is 12.1 Å². The number of amides is 1. The van der Waals surface area contributed by atoms with Crippen LogP contribution in [0.2, 0.25) is 0 Å². The Bertz CT molecular complexity index is 663. The number of hydrogen-bond donors (Lipinski definition) is 1. The van der Waals surface area contributed by atoms with Gasteiger partial charge < -0.3 is 4.90 Å². The molecule has 1 saturated heterocycles. The molecule has 1 aromatic rings. The van der Waals surface area contributed by atoms with Crippen LogP contribution in [0, 0.1) is 11.7 Å². The number of carbonyl (C=O) groups excluding carboxylic acids is 1. The van der Waals surface area contributed by atoms with Gasteiger partial charge in [0.15, 0.2) is 0 Å². The Morgan fingerprint density at radius 1 is 1.09 bits per heavy atom. The molecule has 126 valence electrons. The maximum Gasteiger partial charge on any atom is 0.240 e. The molecule has 2 aliphatic rings. The molecule has 1 amide bonds. The predicted octanol–water partition coefficient (Wildman–Crippen LogP) is 1.90. The Kier molecular flexibility index (Phi) is 4.68. The maximum atomic E-state index is 12.9. The molecule has 3 rings (SSSR count). The van der Waals surface area contributed by atoms with Crippen molar-refractivity contribution in [2.45, 2.75) is 43.0 Å². The van der Waals surface area contributed by atoms with E-state index in [0.717, 1.165) is 31.4 Å². The van der Waals surface area contributed by atoms with Crippen molar-refractivity contribution in [3.8, 4) is 0 Å². The van der Waals surface area contributed by atoms with Gasteiger partial charge in [-0.3, -0.25) is 4.79 Å². The molecule has 0 bridgehead atoms. The van der Waals surface area contributed by atoms with Crippen LogP contribution in [-0.4, -0.2) is 38.4 Å². The van der Waals surface area contributed by atoms with Gasteiger partial charge in [-0.15, -0.1) is 0 Å². The summed E-state index contributed by atoms with van der Waals surface area (Å²) in [7, 11) is -3.64. The zero-order valence-corrected chi connectivity index (χ0v) is 13.7. The van der Waals surface area contributed by atoms with Crippen molar-refractivity contribution in [3.63, 3.8) is 0 Å². The van der Waals surface area contributed by atoms with Gasteiger partial charge in [-0.25, -0.2) is 17.5 Å². The number of rotatable bonds is 4. The number of hydrogen-bond acceptors (Lipinski definition) is 3. The molecular formula is C16H21FN2O3S. The lowest BCUT2D eigenvalue weighted by atomic mass is 9.84. The number of sulfonamides is 1. The Labute approximate surface area is 135 Å². The topological polar surface area (TPSA) is 66.5 Å². The number of likely N-dealkylation sites (tertiary alicyclic amines) is 1. The van der Waals surface area contributed by atoms with Crippen LogP contribution in [0.25, 0.3) is 0 Å². The molecule has 7 heteroatoms. The first-order valence-corrected chi connectivity index (χ1v) is 9.51. The lowest BCUT2D eigenvalue weighted by Gasteiger charge is -2.36. The first-order chi connectivity index (χ1) is 11.0. The van der Waals surface area contributed by atoms with Crippen molar-refractivity contribution in [2.75, 3.05) is 13.1 Å². The van der Waals surface area contributed by atoms with Crippen molar-refractivity contribution >= 4 is 15.9 Å². The molecule has 0 radical (unpaired) electrons. The van der Waals surface area contributed by atoms with E-state index in [9.17, 15) is 17.6 Å². The van der Waals surface area contributed by atoms with E-state index in [1.54, 1.807) is 0 Å². The van der Waals surface area contributed by atoms with Gasteiger partial charge >= 0.3 is 0 Å². The molecular weight excluding hydrogens is 319 g/mol. The monoisotopic (exact) mass is 340 g/mol. The van der Waals surface area contributed by atoms with E-state index in [1.807, 2.05) is 4.90 Å². The van der Waals surface area contributed by atoms with E-state index in [2.05, 4.69) is 4.72 Å². The van der Waals surface area contributed by atoms with Crippen LogP contribution in [0.5, 0.6) is 0 Å². The van der Waals surface area contributed by atoms with Gasteiger partial charge in [0.05, 0.1) is 4.90 Å². The summed E-state index contributed by atoms with van der Waals surface area (Å²) in [6.45, 7) is 1.18. The van der Waals surface area contributed by atoms with Crippen molar-refractivity contribution in [1.29, 1.82) is 0 Å². The molecule has 0 atom stereocenters. The second-order valence-corrected chi connectivity index (χ2v) is 8.02. The normalized spacial score (nSPS) is 20.3. The van der Waals surface area contributed by atoms with Gasteiger partial charge in [0, 0.05) is 25.0 Å². The third-order valence-corrected chi connectivity index (χ3v) is 6.24. The van der Waals surface area contributed by atoms with Crippen LogP contribution in [0.1, 0.15) is 32.1 Å². The number of nitrogens with zero attached hydrogens (tertiary/aromatic N) is 1. The molecule has 1 N–H and O–H groups in total. The van der Waals surface area contributed by atoms with Gasteiger partial charge in [0.25, 0.3) is 0 Å². The number of carbonyl (C=O) groups is 1. The minimum Gasteiger partial charge on any atom is -0.342 e. The van der Waals surface area contributed by atoms with Crippen molar-refractivity contribution in [2.24, 2.45) is 5.92 Å². The lowest BCUT2D eigenvalue weighted by molar-refractivity contribution is -0.139. The molecule has 1 heterocycles. The first kappa shape index (κ1) is 16.4. The summed E-state index contributed by atoms with van der Waals surface area (Å²) in [4.78, 5) is 14.1. The fourth-order valence-electron chi connectivity index (χ4n) is 3.03. The highest BCUT2D eigenvalue weighted by Crippen LogP contribution is 2.29. The summed E-state index contributed by atoms with van der Waals surface area (Å²) >= 11 is 0. The number of nitrogens with one attached hydrogen (secondary N) is 1. The Morgan fingerprint density at radius 2 is 1.70 bits per heavy atom. The first-order valence-electron chi connectivity index (χ1n) is 8.02. The highest BCUT2D eigenvalue weighted by Gasteiger charge is 2.32. The molecule has 0 aromatic heterocycles. The van der Waals surface area contributed by atoms with E-state index in [0.29, 0.717) is 25.9 Å². The van der Waals surface area contributed by atoms with Crippen LogP contribution in [0.15, 0.2) is 29.2 Å². The standard InChI is InChI=1S/C16H21FN2O3S/c17-13-4-6-15(7-5-13)23(21,22)18-14-8-10-19(11-9-14)16(20)12-2-1-3-12/h4-7,12,14,18H,1-3,8-11H2. The largest absolute Gasteiger partial charge is 0.342 e. The molecule has 1 aliphatic heterocycles. The fourth-order valence-corrected chi connectivity index (χ4v) is 4.34. The van der Waals surface area contributed by atoms with E-state index in [4.69, 9.17) is 0 Å². The fraction of sp³-hybridized carbons (Fsp3) is 0.562. The highest BCUT2D eigenvalue weighted by molar-refractivity contribution is 7.89. The van der Waals surface area contributed by atoms with Gasteiger partial charge in [-0.05, 0) is 49.9 Å². The van der Waals surface area contributed by atoms with Crippen molar-refractivity contribution in [1.82, 2.24) is 9.62 Å². The van der Waals surface area contributed by atoms with Crippen LogP contribution in [0.4, 0.5) is 4.39 Å². The highest BCUT2D eigenvalue weighted by atomic mass is 32.2. The summed E-state index contributed by atoms with van der Waals surface area (Å²) < 4.78 is 40.1. The van der Waals surface area contributed by atoms with Crippen LogP contribution < -0.4 is 4.72 Å². The Hall–Kier alpha value is -1.47. The van der Waals surface area contributed by atoms with Gasteiger partial charge in [-0.1, -0.05) is 6.42 Å². The molecule has 5 nitrogen and oxygen atoms in total. The maximum absolute atomic E-state index is 12.9. The van der Waals surface area contributed by atoms with Crippen molar-refractivity contribution in [3.05, 3.63) is 30.1 Å². The van der Waals surface area contributed by atoms with Gasteiger partial charge in [0.1, 0.15) is 5.82 Å². The Morgan fingerprint density at radius 3 is 2.22 bits per heavy atom. The predicted molar refractivity (Wildman–Crippen MR) is 83.7 cm³/mol. The quantitative estimate of drug-likeness (QED) is 0.910. The minimum atomic E-state index is -3.64. The third-order valence-electron chi connectivity index (χ3n) is 4.71. The smallest absolute Gasteiger partial charge is 0.240 e. The molecule has 1 aliphatic carbocycles. The summed E-state index contributed by atoms with van der Waals surface area (Å²) in [6.07, 6.45) is 4.31. The minimum absolute atomic E-state index is 0.0619. The zero-order chi connectivity index (χ0) is 16.4. The van der Waals surface area contributed by atoms with E-state index < -0.39 is 15.8 Å². The van der Waals surface area contributed by atoms with Crippen LogP contribution in [-0.2, 0) is 14.8 Å². The zero-order valence-electron chi connectivity index (χ0n) is 12.9. The average Bonchev–Trinajstić information content (AvgIpc) is 2.46. The number of benzene rings is 1. The lowest BCUT2D eigenvalue weighted by Crippen LogP contribution is -2.48. The van der Waals surface area contributed by atoms with Crippen molar-refractivity contribution < 1.29 is 17.6 Å². The van der Waals surface area contributed by atoms with Crippen LogP contribution in [0.3, 0.4) is 0 Å². The second-order valence-electron chi connectivity index (χ2n) is 6.30. The average molecular weight is 340 g/mol. The molecule has 0 unspecified atom stereocenters. The van der Waals surface area contributed by atoms with E-state index in [-0.39, 0.29) is 22.8 Å². The summed E-state index contributed by atoms with van der Waals surface area (Å²) in [5.41, 5.74) is 0. The van der Waals surface area contributed by atoms with Gasteiger partial charge in [-0.2, -0.15) is 0 Å². The number of halogens is 1. The second kappa shape index (κ2) is 6.57. The molecule has 2 fully saturated rings. The van der Waals surface area contributed by atoms with E-state index >= 15 is 0 Å². The Balaban J connectivity index is 1.55. The molecule has 1 saturated carbocycles. The number of piperidine rings is 1. The SMILES string of the molecule is O=C(C1CCC1)N1CCC(NS(=O)(=O)c2ccc(F)cc2)CC1. The van der Waals surface area contributed by atoms with Gasteiger partial charge in [0.2, 0.25) is 15.9 Å². The summed E-state index contributed by atoms with van der Waals surface area (Å²) in [6, 6.07) is 4.60. The molecule has 1 aromatic carbocycles.